The van der Waals surface area contributed by atoms with Crippen LogP contribution >= 0.6 is 27.5 Å². The monoisotopic (exact) mass is 647 g/mol. The van der Waals surface area contributed by atoms with Crippen LogP contribution in [0.4, 0.5) is 5.69 Å². The summed E-state index contributed by atoms with van der Waals surface area (Å²) >= 11 is 9.73. The van der Waals surface area contributed by atoms with Crippen molar-refractivity contribution >= 4 is 55.1 Å². The molecule has 0 saturated carbocycles. The van der Waals surface area contributed by atoms with E-state index in [9.17, 15) is 18.0 Å². The number of hydrogen-bond donors (Lipinski definition) is 1. The molecule has 0 aliphatic heterocycles. The lowest BCUT2D eigenvalue weighted by molar-refractivity contribution is -0.140. The topological polar surface area (TPSA) is 86.8 Å². The van der Waals surface area contributed by atoms with Gasteiger partial charge in [-0.05, 0) is 61.2 Å². The van der Waals surface area contributed by atoms with Crippen molar-refractivity contribution in [2.24, 2.45) is 0 Å². The van der Waals surface area contributed by atoms with E-state index in [1.165, 1.54) is 11.0 Å². The number of sulfonamides is 1. The van der Waals surface area contributed by atoms with Crippen LogP contribution in [0.2, 0.25) is 5.02 Å². The summed E-state index contributed by atoms with van der Waals surface area (Å²) in [6.07, 6.45) is 2.03. The lowest BCUT2D eigenvalue weighted by atomic mass is 10.0. The fourth-order valence-corrected chi connectivity index (χ4v) is 5.41. The average Bonchev–Trinajstić information content (AvgIpc) is 2.91. The molecule has 0 spiro atoms. The Kier molecular flexibility index (Phi) is 11.2. The summed E-state index contributed by atoms with van der Waals surface area (Å²) in [6.45, 7) is 5.32. The maximum atomic E-state index is 14.1. The fourth-order valence-electron chi connectivity index (χ4n) is 4.13. The number of aryl methyl sites for hydroxylation is 1. The summed E-state index contributed by atoms with van der Waals surface area (Å²) in [7, 11) is -3.86. The van der Waals surface area contributed by atoms with Crippen molar-refractivity contribution in [3.63, 3.8) is 0 Å². The van der Waals surface area contributed by atoms with E-state index in [1.54, 1.807) is 12.1 Å². The van der Waals surface area contributed by atoms with E-state index in [4.69, 9.17) is 11.6 Å². The second kappa shape index (κ2) is 14.1. The first kappa shape index (κ1) is 31.6. The fraction of sp³-hybridized carbons (Fsp3) is 0.333. The summed E-state index contributed by atoms with van der Waals surface area (Å²) in [5.74, 6) is -0.807. The van der Waals surface area contributed by atoms with Gasteiger partial charge in [0, 0.05) is 28.5 Å². The summed E-state index contributed by atoms with van der Waals surface area (Å²) in [4.78, 5) is 29.2. The highest BCUT2D eigenvalue weighted by molar-refractivity contribution is 9.10. The smallest absolute Gasteiger partial charge is 0.244 e. The Labute approximate surface area is 250 Å². The number of anilines is 1. The molecule has 0 aliphatic carbocycles. The van der Waals surface area contributed by atoms with Gasteiger partial charge in [-0.1, -0.05) is 83.0 Å². The highest BCUT2D eigenvalue weighted by Crippen LogP contribution is 2.26. The molecule has 3 aromatic carbocycles. The molecule has 0 radical (unpaired) electrons. The second-order valence-corrected chi connectivity index (χ2v) is 13.1. The molecule has 214 valence electrons. The molecule has 0 fully saturated rings. The molecule has 0 aliphatic rings. The third-order valence-electron chi connectivity index (χ3n) is 6.66. The minimum absolute atomic E-state index is 0.0994. The van der Waals surface area contributed by atoms with Gasteiger partial charge < -0.3 is 10.2 Å². The average molecular weight is 649 g/mol. The van der Waals surface area contributed by atoms with Crippen LogP contribution in [0.25, 0.3) is 0 Å². The molecular weight excluding hydrogens is 614 g/mol. The van der Waals surface area contributed by atoms with Crippen molar-refractivity contribution in [1.29, 1.82) is 0 Å². The van der Waals surface area contributed by atoms with Gasteiger partial charge in [0.15, 0.2) is 0 Å². The predicted octanol–water partition coefficient (Wildman–Crippen LogP) is 5.73. The molecule has 0 unspecified atom stereocenters. The molecule has 10 heteroatoms. The van der Waals surface area contributed by atoms with Gasteiger partial charge in [-0.2, -0.15) is 0 Å². The highest BCUT2D eigenvalue weighted by Gasteiger charge is 2.33. The molecule has 40 heavy (non-hydrogen) atoms. The van der Waals surface area contributed by atoms with E-state index >= 15 is 0 Å². The highest BCUT2D eigenvalue weighted by atomic mass is 79.9. The summed E-state index contributed by atoms with van der Waals surface area (Å²) in [5, 5.41) is 3.41. The van der Waals surface area contributed by atoms with E-state index < -0.39 is 28.5 Å². The van der Waals surface area contributed by atoms with Gasteiger partial charge in [-0.3, -0.25) is 13.9 Å². The summed E-state index contributed by atoms with van der Waals surface area (Å²) < 4.78 is 27.7. The number of carbonyl (C=O) groups excluding carboxylic acids is 2. The molecule has 0 heterocycles. The first-order chi connectivity index (χ1) is 18.9. The Morgan fingerprint density at radius 1 is 1.00 bits per heavy atom. The minimum Gasteiger partial charge on any atom is -0.352 e. The molecule has 2 atom stereocenters. The van der Waals surface area contributed by atoms with E-state index in [2.05, 4.69) is 21.2 Å². The third kappa shape index (κ3) is 8.81. The molecule has 3 aromatic rings. The molecular formula is C30H35BrClN3O4S. The van der Waals surface area contributed by atoms with Gasteiger partial charge in [0.1, 0.15) is 12.6 Å². The molecule has 2 amide bonds. The minimum atomic E-state index is -3.86. The molecule has 3 rings (SSSR count). The van der Waals surface area contributed by atoms with Crippen LogP contribution in [0, 0.1) is 6.92 Å². The van der Waals surface area contributed by atoms with Crippen LogP contribution in [0.3, 0.4) is 0 Å². The number of halogens is 2. The van der Waals surface area contributed by atoms with E-state index in [-0.39, 0.29) is 30.6 Å². The van der Waals surface area contributed by atoms with E-state index in [1.807, 2.05) is 75.4 Å². The molecule has 1 N–H and O–H groups in total. The van der Waals surface area contributed by atoms with Gasteiger partial charge in [0.2, 0.25) is 21.8 Å². The van der Waals surface area contributed by atoms with Gasteiger partial charge >= 0.3 is 0 Å². The molecule has 0 saturated heterocycles. The van der Waals surface area contributed by atoms with Crippen molar-refractivity contribution < 1.29 is 18.0 Å². The number of rotatable bonds is 12. The van der Waals surface area contributed by atoms with Gasteiger partial charge in [-0.25, -0.2) is 8.42 Å². The maximum Gasteiger partial charge on any atom is 0.244 e. The van der Waals surface area contributed by atoms with Crippen molar-refractivity contribution in [2.75, 3.05) is 17.1 Å². The lowest BCUT2D eigenvalue weighted by Gasteiger charge is -2.34. The van der Waals surface area contributed by atoms with Gasteiger partial charge in [-0.15, -0.1) is 0 Å². The van der Waals surface area contributed by atoms with Crippen LogP contribution in [-0.4, -0.2) is 50.0 Å². The van der Waals surface area contributed by atoms with Crippen molar-refractivity contribution in [3.05, 3.63) is 99.0 Å². The summed E-state index contributed by atoms with van der Waals surface area (Å²) in [6, 6.07) is 20.8. The molecule has 0 bridgehead atoms. The molecule has 0 aromatic heterocycles. The Bertz CT molecular complexity index is 1420. The van der Waals surface area contributed by atoms with Crippen LogP contribution < -0.4 is 9.62 Å². The quantitative estimate of drug-likeness (QED) is 0.272. The van der Waals surface area contributed by atoms with Gasteiger partial charge in [0.25, 0.3) is 0 Å². The number of amides is 2. The number of nitrogens with zero attached hydrogens (tertiary/aromatic N) is 2. The SMILES string of the molecule is CC[C@H](C)NC(=O)[C@H](Cc1ccccc1)N(Cc1ccc(Br)cc1)C(=O)CN(c1ccc(C)c(Cl)c1)S(C)(=O)=O. The van der Waals surface area contributed by atoms with Crippen LogP contribution in [0.5, 0.6) is 0 Å². The van der Waals surface area contributed by atoms with Crippen molar-refractivity contribution in [2.45, 2.75) is 52.2 Å². The number of nitrogens with one attached hydrogen (secondary N) is 1. The predicted molar refractivity (Wildman–Crippen MR) is 165 cm³/mol. The normalized spacial score (nSPS) is 12.8. The standard InChI is InChI=1S/C30H35BrClN3O4S/c1-5-22(3)33-30(37)28(17-23-9-7-6-8-10-23)34(19-24-12-14-25(31)15-13-24)29(36)20-35(40(4,38)39)26-16-11-21(2)27(32)18-26/h6-16,18,22,28H,5,17,19-20H2,1-4H3,(H,33,37)/t22-,28-/m0/s1. The molecule has 7 nitrogen and oxygen atoms in total. The van der Waals surface area contributed by atoms with E-state index in [0.717, 1.165) is 38.1 Å². The van der Waals surface area contributed by atoms with Crippen molar-refractivity contribution in [3.8, 4) is 0 Å². The second-order valence-electron chi connectivity index (χ2n) is 9.87. The lowest BCUT2D eigenvalue weighted by Crippen LogP contribution is -2.54. The van der Waals surface area contributed by atoms with Crippen LogP contribution in [-0.2, 0) is 32.6 Å². The Morgan fingerprint density at radius 2 is 1.65 bits per heavy atom. The number of carbonyl (C=O) groups is 2. The zero-order chi connectivity index (χ0) is 29.4. The Balaban J connectivity index is 2.06. The maximum absolute atomic E-state index is 14.1. The largest absolute Gasteiger partial charge is 0.352 e. The van der Waals surface area contributed by atoms with Crippen LogP contribution in [0.15, 0.2) is 77.3 Å². The Hall–Kier alpha value is -2.88. The third-order valence-corrected chi connectivity index (χ3v) is 8.74. The Morgan fingerprint density at radius 3 is 2.23 bits per heavy atom. The van der Waals surface area contributed by atoms with Crippen molar-refractivity contribution in [1.82, 2.24) is 10.2 Å². The zero-order valence-electron chi connectivity index (χ0n) is 23.1. The number of benzene rings is 3. The first-order valence-electron chi connectivity index (χ1n) is 13.0. The number of hydrogen-bond acceptors (Lipinski definition) is 4. The van der Waals surface area contributed by atoms with E-state index in [0.29, 0.717) is 5.02 Å². The zero-order valence-corrected chi connectivity index (χ0v) is 26.3. The summed E-state index contributed by atoms with van der Waals surface area (Å²) in [5.41, 5.74) is 2.74. The van der Waals surface area contributed by atoms with Crippen LogP contribution in [0.1, 0.15) is 37.0 Å². The first-order valence-corrected chi connectivity index (χ1v) is 16.0. The van der Waals surface area contributed by atoms with Gasteiger partial charge in [0.05, 0.1) is 11.9 Å².